The van der Waals surface area contributed by atoms with Gasteiger partial charge in [-0.05, 0) is 19.4 Å². The second-order valence-corrected chi connectivity index (χ2v) is 7.25. The Kier molecular flexibility index (Phi) is 5.49. The van der Waals surface area contributed by atoms with Gasteiger partial charge in [0, 0.05) is 24.1 Å². The number of H-pyrrole nitrogens is 1. The number of nitrogens with zero attached hydrogens (tertiary/aromatic N) is 3. The average Bonchev–Trinajstić information content (AvgIpc) is 3.22. The van der Waals surface area contributed by atoms with Crippen LogP contribution in [0.2, 0.25) is 0 Å². The standard InChI is InChI=1S/C15H14N6O3S2/c1-8-20-21-15(26-8)18-12(23)5-3-10-7-25-14(17-10)19-13(24)9-2-4-11(22)16-6-9/h2,4,6-7H,3,5H2,1H3,(H,16,22)(H,17,19,24)(H,18,21,23). The van der Waals surface area contributed by atoms with Gasteiger partial charge in [0.1, 0.15) is 5.01 Å². The summed E-state index contributed by atoms with van der Waals surface area (Å²) in [5, 5.41) is 16.5. The van der Waals surface area contributed by atoms with Crippen LogP contribution >= 0.6 is 22.7 Å². The molecular weight excluding hydrogens is 376 g/mol. The van der Waals surface area contributed by atoms with Gasteiger partial charge in [0.2, 0.25) is 16.6 Å². The van der Waals surface area contributed by atoms with Gasteiger partial charge in [0.05, 0.1) is 11.3 Å². The molecule has 0 saturated carbocycles. The van der Waals surface area contributed by atoms with Crippen LogP contribution in [0.1, 0.15) is 27.5 Å². The number of hydrogen-bond donors (Lipinski definition) is 3. The molecule has 0 aliphatic carbocycles. The van der Waals surface area contributed by atoms with Crippen molar-refractivity contribution in [2.24, 2.45) is 0 Å². The molecule has 9 nitrogen and oxygen atoms in total. The molecule has 0 radical (unpaired) electrons. The SMILES string of the molecule is Cc1nnc(NC(=O)CCc2csc(NC(=O)c3ccc(=O)[nH]c3)n2)s1. The maximum absolute atomic E-state index is 12.1. The van der Waals surface area contributed by atoms with E-state index in [0.29, 0.717) is 27.9 Å². The molecule has 3 aromatic heterocycles. The zero-order valence-corrected chi connectivity index (χ0v) is 15.2. The summed E-state index contributed by atoms with van der Waals surface area (Å²) in [6.45, 7) is 1.81. The molecule has 0 aliphatic rings. The van der Waals surface area contributed by atoms with Crippen LogP contribution in [-0.4, -0.2) is 32.0 Å². The van der Waals surface area contributed by atoms with E-state index in [1.165, 1.54) is 41.0 Å². The van der Waals surface area contributed by atoms with Crippen molar-refractivity contribution in [1.82, 2.24) is 20.2 Å². The molecule has 0 saturated heterocycles. The van der Waals surface area contributed by atoms with Crippen LogP contribution in [0.4, 0.5) is 10.3 Å². The lowest BCUT2D eigenvalue weighted by Gasteiger charge is -2.01. The van der Waals surface area contributed by atoms with Gasteiger partial charge in [0.15, 0.2) is 5.13 Å². The fourth-order valence-corrected chi connectivity index (χ4v) is 3.32. The number of nitrogens with one attached hydrogen (secondary N) is 3. The predicted octanol–water partition coefficient (Wildman–Crippen LogP) is 1.81. The molecule has 26 heavy (non-hydrogen) atoms. The van der Waals surface area contributed by atoms with Gasteiger partial charge in [-0.2, -0.15) is 0 Å². The van der Waals surface area contributed by atoms with E-state index in [-0.39, 0.29) is 23.8 Å². The third-order valence-corrected chi connectivity index (χ3v) is 4.76. The Morgan fingerprint density at radius 3 is 2.73 bits per heavy atom. The lowest BCUT2D eigenvalue weighted by molar-refractivity contribution is -0.116. The first-order valence-electron chi connectivity index (χ1n) is 7.54. The molecule has 0 spiro atoms. The minimum absolute atomic E-state index is 0.173. The number of carbonyl (C=O) groups excluding carboxylic acids is 2. The summed E-state index contributed by atoms with van der Waals surface area (Å²) < 4.78 is 0. The van der Waals surface area contributed by atoms with Crippen molar-refractivity contribution in [3.05, 3.63) is 50.3 Å². The average molecular weight is 390 g/mol. The Bertz CT molecular complexity index is 973. The van der Waals surface area contributed by atoms with Gasteiger partial charge < -0.3 is 10.3 Å². The Hall–Kier alpha value is -2.92. The minimum atomic E-state index is -0.369. The van der Waals surface area contributed by atoms with Crippen molar-refractivity contribution in [3.63, 3.8) is 0 Å². The molecule has 0 atom stereocenters. The molecule has 3 rings (SSSR count). The third-order valence-electron chi connectivity index (χ3n) is 3.20. The molecule has 0 bridgehead atoms. The molecule has 0 fully saturated rings. The van der Waals surface area contributed by atoms with Crippen LogP contribution in [0, 0.1) is 6.92 Å². The smallest absolute Gasteiger partial charge is 0.258 e. The van der Waals surface area contributed by atoms with E-state index in [0.717, 1.165) is 5.01 Å². The molecule has 2 amide bonds. The summed E-state index contributed by atoms with van der Waals surface area (Å²) in [6, 6.07) is 2.71. The zero-order chi connectivity index (χ0) is 18.5. The fraction of sp³-hybridized carbons (Fsp3) is 0.200. The van der Waals surface area contributed by atoms with E-state index in [2.05, 4.69) is 30.8 Å². The Morgan fingerprint density at radius 2 is 2.04 bits per heavy atom. The van der Waals surface area contributed by atoms with Gasteiger partial charge in [-0.25, -0.2) is 4.98 Å². The van der Waals surface area contributed by atoms with Gasteiger partial charge in [-0.3, -0.25) is 19.7 Å². The number of aromatic nitrogens is 4. The monoisotopic (exact) mass is 390 g/mol. The summed E-state index contributed by atoms with van der Waals surface area (Å²) in [6.07, 6.45) is 2.02. The summed E-state index contributed by atoms with van der Waals surface area (Å²) in [5.74, 6) is -0.542. The molecule has 11 heteroatoms. The van der Waals surface area contributed by atoms with E-state index in [9.17, 15) is 14.4 Å². The number of amides is 2. The third kappa shape index (κ3) is 4.80. The molecule has 3 N–H and O–H groups in total. The number of anilines is 2. The fourth-order valence-electron chi connectivity index (χ4n) is 1.97. The van der Waals surface area contributed by atoms with Gasteiger partial charge in [-0.15, -0.1) is 21.5 Å². The highest BCUT2D eigenvalue weighted by Gasteiger charge is 2.11. The van der Waals surface area contributed by atoms with E-state index < -0.39 is 0 Å². The van der Waals surface area contributed by atoms with Crippen LogP contribution in [0.3, 0.4) is 0 Å². The summed E-state index contributed by atoms with van der Waals surface area (Å²) >= 11 is 2.58. The second kappa shape index (κ2) is 7.97. The normalized spacial score (nSPS) is 10.5. The molecule has 3 heterocycles. The Balaban J connectivity index is 1.51. The molecule has 3 aromatic rings. The van der Waals surface area contributed by atoms with Crippen LogP contribution in [0.15, 0.2) is 28.5 Å². The van der Waals surface area contributed by atoms with Gasteiger partial charge >= 0.3 is 0 Å². The topological polar surface area (TPSA) is 130 Å². The first-order valence-corrected chi connectivity index (χ1v) is 9.23. The molecular formula is C15H14N6O3S2. The van der Waals surface area contributed by atoms with E-state index in [4.69, 9.17) is 0 Å². The highest BCUT2D eigenvalue weighted by atomic mass is 32.1. The number of rotatable bonds is 6. The van der Waals surface area contributed by atoms with E-state index >= 15 is 0 Å². The lowest BCUT2D eigenvalue weighted by Crippen LogP contribution is -2.14. The summed E-state index contributed by atoms with van der Waals surface area (Å²) in [4.78, 5) is 41.7. The van der Waals surface area contributed by atoms with E-state index in [1.54, 1.807) is 5.38 Å². The van der Waals surface area contributed by atoms with Crippen molar-refractivity contribution in [1.29, 1.82) is 0 Å². The maximum atomic E-state index is 12.1. The van der Waals surface area contributed by atoms with Crippen LogP contribution in [0.5, 0.6) is 0 Å². The second-order valence-electron chi connectivity index (χ2n) is 5.21. The predicted molar refractivity (Wildman–Crippen MR) is 98.7 cm³/mol. The van der Waals surface area contributed by atoms with Crippen molar-refractivity contribution in [2.75, 3.05) is 10.6 Å². The first-order chi connectivity index (χ1) is 12.5. The zero-order valence-electron chi connectivity index (χ0n) is 13.6. The quantitative estimate of drug-likeness (QED) is 0.589. The highest BCUT2D eigenvalue weighted by Crippen LogP contribution is 2.18. The van der Waals surface area contributed by atoms with E-state index in [1.807, 2.05) is 6.92 Å². The van der Waals surface area contributed by atoms with Crippen molar-refractivity contribution in [2.45, 2.75) is 19.8 Å². The largest absolute Gasteiger partial charge is 0.328 e. The maximum Gasteiger partial charge on any atom is 0.258 e. The number of aromatic amines is 1. The summed E-state index contributed by atoms with van der Waals surface area (Å²) in [7, 11) is 0. The van der Waals surface area contributed by atoms with Crippen LogP contribution in [-0.2, 0) is 11.2 Å². The number of carbonyl (C=O) groups is 2. The highest BCUT2D eigenvalue weighted by molar-refractivity contribution is 7.15. The van der Waals surface area contributed by atoms with Crippen molar-refractivity contribution in [3.8, 4) is 0 Å². The molecule has 134 valence electrons. The lowest BCUT2D eigenvalue weighted by atomic mass is 10.2. The number of thiazole rings is 1. The Morgan fingerprint density at radius 1 is 1.19 bits per heavy atom. The Labute approximate surface area is 155 Å². The van der Waals surface area contributed by atoms with Gasteiger partial charge in [0.25, 0.3) is 5.91 Å². The van der Waals surface area contributed by atoms with Crippen LogP contribution < -0.4 is 16.2 Å². The van der Waals surface area contributed by atoms with Gasteiger partial charge in [-0.1, -0.05) is 11.3 Å². The number of pyridine rings is 1. The van der Waals surface area contributed by atoms with Crippen molar-refractivity contribution >= 4 is 44.8 Å². The number of hydrogen-bond acceptors (Lipinski definition) is 8. The molecule has 0 aromatic carbocycles. The van der Waals surface area contributed by atoms with Crippen molar-refractivity contribution < 1.29 is 9.59 Å². The van der Waals surface area contributed by atoms with Crippen LogP contribution in [0.25, 0.3) is 0 Å². The summed E-state index contributed by atoms with van der Waals surface area (Å²) in [5.41, 5.74) is 0.753. The first kappa shape index (κ1) is 17.9. The molecule has 0 aliphatic heterocycles. The number of aryl methyl sites for hydroxylation is 2. The molecule has 0 unspecified atom stereocenters. The minimum Gasteiger partial charge on any atom is -0.328 e.